The predicted octanol–water partition coefficient (Wildman–Crippen LogP) is 0.927. The molecule has 2 heterocycles. The van der Waals surface area contributed by atoms with Crippen molar-refractivity contribution < 1.29 is 24.4 Å². The highest BCUT2D eigenvalue weighted by molar-refractivity contribution is 5.98. The lowest BCUT2D eigenvalue weighted by molar-refractivity contribution is -0.384. The number of aromatic nitrogens is 2. The second kappa shape index (κ2) is 6.43. The number of carboxylic acids is 1. The number of hydrogen-bond acceptors (Lipinski definition) is 8. The molecule has 2 aromatic rings. The number of esters is 1. The van der Waals surface area contributed by atoms with E-state index in [4.69, 9.17) is 10.5 Å². The first-order valence-electron chi connectivity index (χ1n) is 7.34. The van der Waals surface area contributed by atoms with E-state index in [0.29, 0.717) is 0 Å². The zero-order chi connectivity index (χ0) is 19.8. The van der Waals surface area contributed by atoms with Crippen LogP contribution in [-0.2, 0) is 16.1 Å². The molecule has 11 nitrogen and oxygen atoms in total. The predicted molar refractivity (Wildman–Crippen MR) is 89.9 cm³/mol. The molecule has 0 aliphatic carbocycles. The summed E-state index contributed by atoms with van der Waals surface area (Å²) < 4.78 is 5.90. The molecule has 138 valence electrons. The van der Waals surface area contributed by atoms with Crippen molar-refractivity contribution in [2.24, 2.45) is 0 Å². The largest absolute Gasteiger partial charge is 0.477 e. The normalized spacial score (nSPS) is 11.3. The summed E-state index contributed by atoms with van der Waals surface area (Å²) in [5.74, 6) is -2.37. The highest BCUT2D eigenvalue weighted by atomic mass is 16.6. The van der Waals surface area contributed by atoms with Crippen LogP contribution in [0.3, 0.4) is 0 Å². The molecule has 11 heteroatoms. The lowest BCUT2D eigenvalue weighted by Crippen LogP contribution is -2.33. The number of nitro groups is 1. The molecule has 0 bridgehead atoms. The number of nitrogen functional groups attached to an aromatic ring is 1. The van der Waals surface area contributed by atoms with Gasteiger partial charge in [0.05, 0.1) is 4.92 Å². The van der Waals surface area contributed by atoms with E-state index in [2.05, 4.69) is 4.98 Å². The molecule has 0 spiro atoms. The van der Waals surface area contributed by atoms with Crippen LogP contribution in [0.25, 0.3) is 11.0 Å². The highest BCUT2D eigenvalue weighted by Crippen LogP contribution is 2.28. The van der Waals surface area contributed by atoms with Gasteiger partial charge in [0, 0.05) is 5.39 Å². The molecule has 3 N–H and O–H groups in total. The lowest BCUT2D eigenvalue weighted by Gasteiger charge is -2.20. The van der Waals surface area contributed by atoms with Crippen molar-refractivity contribution in [3.63, 3.8) is 0 Å². The molecule has 2 aromatic heterocycles. The van der Waals surface area contributed by atoms with Crippen molar-refractivity contribution >= 4 is 34.3 Å². The number of fused-ring (bicyclic) bond motifs is 1. The second-order valence-electron chi connectivity index (χ2n) is 6.39. The molecule has 0 atom stereocenters. The van der Waals surface area contributed by atoms with Crippen molar-refractivity contribution in [2.45, 2.75) is 32.9 Å². The molecule has 0 fully saturated rings. The molecule has 0 unspecified atom stereocenters. The first kappa shape index (κ1) is 18.8. The molecule has 0 aromatic carbocycles. The van der Waals surface area contributed by atoms with Crippen LogP contribution in [0.4, 0.5) is 11.4 Å². The monoisotopic (exact) mass is 364 g/mol. The number of pyridine rings is 2. The number of nitrogens with zero attached hydrogens (tertiary/aromatic N) is 3. The Morgan fingerprint density at radius 1 is 1.42 bits per heavy atom. The van der Waals surface area contributed by atoms with E-state index in [1.807, 2.05) is 0 Å². The van der Waals surface area contributed by atoms with Crippen LogP contribution in [0.2, 0.25) is 0 Å². The number of aromatic carboxylic acids is 1. The summed E-state index contributed by atoms with van der Waals surface area (Å²) in [5.41, 5.74) is 2.14. The van der Waals surface area contributed by atoms with Crippen molar-refractivity contribution in [3.8, 4) is 0 Å². The van der Waals surface area contributed by atoms with Crippen LogP contribution in [0.5, 0.6) is 0 Å². The number of rotatable bonds is 4. The number of nitrogens with two attached hydrogens (primary N) is 1. The van der Waals surface area contributed by atoms with Gasteiger partial charge in [-0.15, -0.1) is 0 Å². The van der Waals surface area contributed by atoms with Gasteiger partial charge >= 0.3 is 17.6 Å². The zero-order valence-electron chi connectivity index (χ0n) is 14.2. The van der Waals surface area contributed by atoms with E-state index in [1.54, 1.807) is 20.8 Å². The fourth-order valence-electron chi connectivity index (χ4n) is 2.27. The van der Waals surface area contributed by atoms with Gasteiger partial charge < -0.3 is 15.6 Å². The van der Waals surface area contributed by atoms with Crippen LogP contribution in [0.1, 0.15) is 31.1 Å². The smallest absolute Gasteiger partial charge is 0.341 e. The van der Waals surface area contributed by atoms with E-state index in [0.717, 1.165) is 16.8 Å². The minimum Gasteiger partial charge on any atom is -0.477 e. The maximum Gasteiger partial charge on any atom is 0.341 e. The lowest BCUT2D eigenvalue weighted by atomic mass is 10.1. The van der Waals surface area contributed by atoms with Gasteiger partial charge in [-0.05, 0) is 26.8 Å². The van der Waals surface area contributed by atoms with Gasteiger partial charge in [-0.3, -0.25) is 24.3 Å². The quantitative estimate of drug-likeness (QED) is 0.455. The molecule has 0 amide bonds. The second-order valence-corrected chi connectivity index (χ2v) is 6.39. The molecule has 0 saturated carbocycles. The zero-order valence-corrected chi connectivity index (χ0v) is 14.2. The Hall–Kier alpha value is -3.50. The minimum absolute atomic E-state index is 0.125. The number of hydrogen-bond donors (Lipinski definition) is 2. The number of carbonyl (C=O) groups is 2. The number of anilines is 1. The van der Waals surface area contributed by atoms with Gasteiger partial charge in [0.15, 0.2) is 0 Å². The number of ether oxygens (including phenoxy) is 1. The Labute approximate surface area is 146 Å². The van der Waals surface area contributed by atoms with Gasteiger partial charge in [0.25, 0.3) is 5.56 Å². The Morgan fingerprint density at radius 2 is 2.04 bits per heavy atom. The topological polar surface area (TPSA) is 168 Å². The van der Waals surface area contributed by atoms with Crippen molar-refractivity contribution in [2.75, 3.05) is 5.73 Å². The van der Waals surface area contributed by atoms with Gasteiger partial charge in [-0.1, -0.05) is 0 Å². The number of carbonyl (C=O) groups excluding carboxylic acids is 1. The van der Waals surface area contributed by atoms with Gasteiger partial charge in [0.2, 0.25) is 0 Å². The summed E-state index contributed by atoms with van der Waals surface area (Å²) in [6, 6.07) is 0.904. The third-order valence-electron chi connectivity index (χ3n) is 3.27. The molecular formula is C15H16N4O7. The molecule has 2 rings (SSSR count). The van der Waals surface area contributed by atoms with Crippen molar-refractivity contribution in [3.05, 3.63) is 38.3 Å². The molecule has 0 saturated heterocycles. The highest BCUT2D eigenvalue weighted by Gasteiger charge is 2.24. The Morgan fingerprint density at radius 3 is 2.54 bits per heavy atom. The molecule has 0 radical (unpaired) electrons. The first-order valence-corrected chi connectivity index (χ1v) is 7.34. The third kappa shape index (κ3) is 3.61. The Bertz CT molecular complexity index is 988. The summed E-state index contributed by atoms with van der Waals surface area (Å²) in [6.45, 7) is 4.25. The summed E-state index contributed by atoms with van der Waals surface area (Å²) in [6.07, 6.45) is 0.836. The Kier molecular flexibility index (Phi) is 4.65. The van der Waals surface area contributed by atoms with Crippen LogP contribution in [0, 0.1) is 10.1 Å². The van der Waals surface area contributed by atoms with Gasteiger partial charge in [-0.2, -0.15) is 0 Å². The van der Waals surface area contributed by atoms with Crippen LogP contribution in [-0.4, -0.2) is 37.1 Å². The summed E-state index contributed by atoms with van der Waals surface area (Å²) in [4.78, 5) is 49.8. The standard InChI is InChI=1S/C15H16N4O7/c1-15(2,3)26-10(20)6-18-12-7(4-8(13(18)21)14(22)23)11(16)9(5-17-12)19(24)25/h4-5H,6H2,1-3H3,(H2,16,17)(H,22,23). The minimum atomic E-state index is -1.57. The van der Waals surface area contributed by atoms with E-state index >= 15 is 0 Å². The van der Waals surface area contributed by atoms with E-state index in [-0.39, 0.29) is 16.7 Å². The number of carboxylic acid groups (broad SMARTS) is 1. The summed E-state index contributed by atoms with van der Waals surface area (Å²) >= 11 is 0. The maximum absolute atomic E-state index is 12.4. The van der Waals surface area contributed by atoms with Crippen molar-refractivity contribution in [1.29, 1.82) is 0 Å². The van der Waals surface area contributed by atoms with E-state index in [1.165, 1.54) is 0 Å². The first-order chi connectivity index (χ1) is 11.9. The molecule has 0 aliphatic heterocycles. The van der Waals surface area contributed by atoms with E-state index < -0.39 is 45.8 Å². The SMILES string of the molecule is CC(C)(C)OC(=O)Cn1c(=O)c(C(=O)O)cc2c(N)c([N+](=O)[O-])cnc21. The summed E-state index contributed by atoms with van der Waals surface area (Å²) in [5, 5.41) is 20.1. The summed E-state index contributed by atoms with van der Waals surface area (Å²) in [7, 11) is 0. The fourth-order valence-corrected chi connectivity index (χ4v) is 2.27. The molecule has 0 aliphatic rings. The van der Waals surface area contributed by atoms with Crippen LogP contribution in [0.15, 0.2) is 17.1 Å². The Balaban J connectivity index is 2.75. The average molecular weight is 364 g/mol. The van der Waals surface area contributed by atoms with Crippen molar-refractivity contribution in [1.82, 2.24) is 9.55 Å². The average Bonchev–Trinajstić information content (AvgIpc) is 2.47. The third-order valence-corrected chi connectivity index (χ3v) is 3.27. The van der Waals surface area contributed by atoms with E-state index in [9.17, 15) is 29.6 Å². The van der Waals surface area contributed by atoms with Gasteiger partial charge in [0.1, 0.15) is 35.2 Å². The van der Waals surface area contributed by atoms with Crippen LogP contribution >= 0.6 is 0 Å². The molecule has 26 heavy (non-hydrogen) atoms. The van der Waals surface area contributed by atoms with Crippen LogP contribution < -0.4 is 11.3 Å². The maximum atomic E-state index is 12.4. The molecular weight excluding hydrogens is 348 g/mol. The fraction of sp³-hybridized carbons (Fsp3) is 0.333. The van der Waals surface area contributed by atoms with Gasteiger partial charge in [-0.25, -0.2) is 9.78 Å².